The summed E-state index contributed by atoms with van der Waals surface area (Å²) in [5, 5.41) is 0. The fraction of sp³-hybridized carbons (Fsp3) is 0.200. The van der Waals surface area contributed by atoms with E-state index >= 15 is 0 Å². The molecule has 0 aliphatic heterocycles. The van der Waals surface area contributed by atoms with Gasteiger partial charge in [-0.15, -0.1) is 0 Å². The standard InChI is InChI=1S/C5H8N2/c1-5(2)7-4-6-3/h4H,1,3H2,2H3/b7-4-. The molecule has 0 N–H and O–H groups in total. The summed E-state index contributed by atoms with van der Waals surface area (Å²) < 4.78 is 0. The summed E-state index contributed by atoms with van der Waals surface area (Å²) in [5.41, 5.74) is 0.743. The largest absolute Gasteiger partial charge is 0.253 e. The quantitative estimate of drug-likeness (QED) is 0.365. The van der Waals surface area contributed by atoms with Crippen LogP contribution in [0, 0.1) is 0 Å². The fourth-order valence-electron chi connectivity index (χ4n) is 0.139. The van der Waals surface area contributed by atoms with Crippen molar-refractivity contribution in [2.24, 2.45) is 9.98 Å². The summed E-state index contributed by atoms with van der Waals surface area (Å²) in [6.07, 6.45) is 1.36. The minimum Gasteiger partial charge on any atom is -0.253 e. The number of aliphatic imine (C=N–C) groups is 2. The molecule has 0 saturated carbocycles. The van der Waals surface area contributed by atoms with E-state index in [2.05, 4.69) is 23.3 Å². The summed E-state index contributed by atoms with van der Waals surface area (Å²) in [6, 6.07) is 0. The highest BCUT2D eigenvalue weighted by molar-refractivity contribution is 5.62. The van der Waals surface area contributed by atoms with Gasteiger partial charge in [0.05, 0.1) is 0 Å². The molecule has 0 spiro atoms. The molecular formula is C5H8N2. The highest BCUT2D eigenvalue weighted by atomic mass is 14.8. The van der Waals surface area contributed by atoms with E-state index in [-0.39, 0.29) is 0 Å². The molecule has 0 aromatic carbocycles. The van der Waals surface area contributed by atoms with E-state index in [0.717, 1.165) is 5.70 Å². The van der Waals surface area contributed by atoms with Crippen LogP contribution in [0.3, 0.4) is 0 Å². The monoisotopic (exact) mass is 96.1 g/mol. The van der Waals surface area contributed by atoms with Gasteiger partial charge in [-0.1, -0.05) is 6.58 Å². The first-order valence-corrected chi connectivity index (χ1v) is 1.91. The zero-order chi connectivity index (χ0) is 5.70. The molecule has 0 aliphatic rings. The van der Waals surface area contributed by atoms with Crippen LogP contribution in [0.25, 0.3) is 0 Å². The molecule has 38 valence electrons. The normalized spacial score (nSPS) is 9.29. The first kappa shape index (κ1) is 6.08. The molecule has 2 nitrogen and oxygen atoms in total. The molecule has 0 bridgehead atoms. The maximum atomic E-state index is 3.69. The number of hydrogen-bond acceptors (Lipinski definition) is 1. The van der Waals surface area contributed by atoms with Crippen LogP contribution in [-0.2, 0) is 0 Å². The molecule has 0 unspecified atom stereocenters. The van der Waals surface area contributed by atoms with Crippen molar-refractivity contribution in [3.8, 4) is 0 Å². The van der Waals surface area contributed by atoms with Gasteiger partial charge in [0.25, 0.3) is 0 Å². The first-order valence-electron chi connectivity index (χ1n) is 1.91. The van der Waals surface area contributed by atoms with Crippen molar-refractivity contribution in [1.29, 1.82) is 0 Å². The van der Waals surface area contributed by atoms with Crippen LogP contribution < -0.4 is 0 Å². The zero-order valence-corrected chi connectivity index (χ0v) is 4.39. The maximum Gasteiger partial charge on any atom is 0.114 e. The number of hydrogen-bond donors (Lipinski definition) is 0. The van der Waals surface area contributed by atoms with Crippen LogP contribution in [0.5, 0.6) is 0 Å². The predicted molar refractivity (Wildman–Crippen MR) is 32.9 cm³/mol. The fourth-order valence-corrected chi connectivity index (χ4v) is 0.139. The molecule has 2 heteroatoms. The third-order valence-corrected chi connectivity index (χ3v) is 0.360. The van der Waals surface area contributed by atoms with Crippen LogP contribution >= 0.6 is 0 Å². The summed E-state index contributed by atoms with van der Waals surface area (Å²) >= 11 is 0. The van der Waals surface area contributed by atoms with E-state index in [0.29, 0.717) is 0 Å². The summed E-state index contributed by atoms with van der Waals surface area (Å²) in [5.74, 6) is 0. The molecule has 0 radical (unpaired) electrons. The average Bonchev–Trinajstić information content (AvgIpc) is 1.61. The van der Waals surface area contributed by atoms with Crippen molar-refractivity contribution >= 4 is 13.1 Å². The lowest BCUT2D eigenvalue weighted by atomic mass is 10.6. The Hall–Kier alpha value is -0.920. The van der Waals surface area contributed by atoms with E-state index in [4.69, 9.17) is 0 Å². The van der Waals surface area contributed by atoms with Gasteiger partial charge in [-0.05, 0) is 13.6 Å². The van der Waals surface area contributed by atoms with Gasteiger partial charge in [-0.25, -0.2) is 4.99 Å². The average molecular weight is 96.1 g/mol. The van der Waals surface area contributed by atoms with Gasteiger partial charge in [0, 0.05) is 5.70 Å². The summed E-state index contributed by atoms with van der Waals surface area (Å²) in [7, 11) is 0. The highest BCUT2D eigenvalue weighted by Gasteiger charge is 1.66. The molecule has 0 atom stereocenters. The Morgan fingerprint density at radius 2 is 2.29 bits per heavy atom. The van der Waals surface area contributed by atoms with E-state index < -0.39 is 0 Å². The zero-order valence-electron chi connectivity index (χ0n) is 4.39. The Labute approximate surface area is 43.3 Å². The summed E-state index contributed by atoms with van der Waals surface area (Å²) in [6.45, 7) is 8.49. The van der Waals surface area contributed by atoms with Crippen LogP contribution in [0.4, 0.5) is 0 Å². The van der Waals surface area contributed by atoms with Gasteiger partial charge in [0.2, 0.25) is 0 Å². The van der Waals surface area contributed by atoms with Crippen molar-refractivity contribution in [3.63, 3.8) is 0 Å². The molecule has 0 amide bonds. The highest BCUT2D eigenvalue weighted by Crippen LogP contribution is 1.83. The lowest BCUT2D eigenvalue weighted by molar-refractivity contribution is 1.33. The molecule has 0 fully saturated rings. The molecule has 0 rings (SSSR count). The van der Waals surface area contributed by atoms with Crippen molar-refractivity contribution in [3.05, 3.63) is 12.3 Å². The molecule has 0 aromatic heterocycles. The van der Waals surface area contributed by atoms with E-state index in [9.17, 15) is 0 Å². The Morgan fingerprint density at radius 3 is 2.43 bits per heavy atom. The Kier molecular flexibility index (Phi) is 2.85. The minimum atomic E-state index is 0.743. The van der Waals surface area contributed by atoms with Gasteiger partial charge in [0.15, 0.2) is 0 Å². The van der Waals surface area contributed by atoms with Crippen LogP contribution in [0.1, 0.15) is 6.92 Å². The van der Waals surface area contributed by atoms with E-state index in [1.165, 1.54) is 6.34 Å². The van der Waals surface area contributed by atoms with Crippen molar-refractivity contribution in [2.75, 3.05) is 0 Å². The van der Waals surface area contributed by atoms with Crippen LogP contribution in [-0.4, -0.2) is 13.1 Å². The van der Waals surface area contributed by atoms with Gasteiger partial charge in [-0.3, -0.25) is 4.99 Å². The van der Waals surface area contributed by atoms with Gasteiger partial charge >= 0.3 is 0 Å². The lowest BCUT2D eigenvalue weighted by Crippen LogP contribution is -1.63. The third kappa shape index (κ3) is 5.08. The Balaban J connectivity index is 3.46. The van der Waals surface area contributed by atoms with Gasteiger partial charge in [-0.2, -0.15) is 0 Å². The second-order valence-corrected chi connectivity index (χ2v) is 1.16. The topological polar surface area (TPSA) is 24.7 Å². The predicted octanol–water partition coefficient (Wildman–Crippen LogP) is 1.25. The molecule has 0 aliphatic carbocycles. The second-order valence-electron chi connectivity index (χ2n) is 1.16. The van der Waals surface area contributed by atoms with E-state index in [1.807, 2.05) is 0 Å². The molecular weight excluding hydrogens is 88.1 g/mol. The minimum absolute atomic E-state index is 0.743. The van der Waals surface area contributed by atoms with Crippen molar-refractivity contribution < 1.29 is 0 Å². The second kappa shape index (κ2) is 3.28. The summed E-state index contributed by atoms with van der Waals surface area (Å²) in [4.78, 5) is 7.07. The van der Waals surface area contributed by atoms with Crippen molar-refractivity contribution in [2.45, 2.75) is 6.92 Å². The van der Waals surface area contributed by atoms with Gasteiger partial charge in [0.1, 0.15) is 6.34 Å². The van der Waals surface area contributed by atoms with E-state index in [1.54, 1.807) is 6.92 Å². The van der Waals surface area contributed by atoms with Crippen molar-refractivity contribution in [1.82, 2.24) is 0 Å². The smallest absolute Gasteiger partial charge is 0.114 e. The van der Waals surface area contributed by atoms with Gasteiger partial charge < -0.3 is 0 Å². The van der Waals surface area contributed by atoms with Crippen LogP contribution in [0.15, 0.2) is 22.3 Å². The Morgan fingerprint density at radius 1 is 1.71 bits per heavy atom. The van der Waals surface area contributed by atoms with Crippen LogP contribution in [0.2, 0.25) is 0 Å². The number of allylic oxidation sites excluding steroid dienone is 1. The number of rotatable bonds is 2. The number of nitrogens with zero attached hydrogens (tertiary/aromatic N) is 2. The third-order valence-electron chi connectivity index (χ3n) is 0.360. The molecule has 0 saturated heterocycles. The molecule has 0 heterocycles. The Bertz CT molecular complexity index is 103. The SMILES string of the molecule is C=N/C=N\C(=C)C. The first-order chi connectivity index (χ1) is 3.27. The molecule has 0 aromatic rings. The molecule has 7 heavy (non-hydrogen) atoms. The maximum absolute atomic E-state index is 3.69. The lowest BCUT2D eigenvalue weighted by Gasteiger charge is -1.77.